The van der Waals surface area contributed by atoms with E-state index in [2.05, 4.69) is 15.5 Å². The van der Waals surface area contributed by atoms with Crippen molar-refractivity contribution in [2.45, 2.75) is 19.3 Å². The van der Waals surface area contributed by atoms with Crippen LogP contribution in [0.5, 0.6) is 11.5 Å². The van der Waals surface area contributed by atoms with E-state index in [-0.39, 0.29) is 6.03 Å². The molecule has 0 bridgehead atoms. The highest BCUT2D eigenvalue weighted by Crippen LogP contribution is 2.28. The number of piperidine rings is 1. The van der Waals surface area contributed by atoms with Gasteiger partial charge in [-0.1, -0.05) is 36.8 Å². The number of benzene rings is 2. The molecule has 25 heavy (non-hydrogen) atoms. The predicted octanol–water partition coefficient (Wildman–Crippen LogP) is 4.09. The van der Waals surface area contributed by atoms with Crippen LogP contribution in [0.1, 0.15) is 19.3 Å². The lowest BCUT2D eigenvalue weighted by molar-refractivity contribution is 0.224. The molecule has 1 fully saturated rings. The predicted molar refractivity (Wildman–Crippen MR) is 100 cm³/mol. The van der Waals surface area contributed by atoms with E-state index in [0.717, 1.165) is 25.4 Å². The lowest BCUT2D eigenvalue weighted by atomic mass is 10.1. The quantitative estimate of drug-likeness (QED) is 0.833. The number of hydrogen-bond acceptors (Lipinski definition) is 3. The smallest absolute Gasteiger partial charge is 0.319 e. The average molecular weight is 339 g/mol. The number of carbonyl (C=O) groups excluding carboxylic acids is 1. The molecule has 0 aromatic heterocycles. The minimum Gasteiger partial charge on any atom is -0.455 e. The standard InChI is InChI=1S/C20H25N3O2/c24-20(21-13-16-23-14-7-2-8-15-23)22-18-11-5-6-12-19(18)25-17-9-3-1-4-10-17/h1,3-6,9-12H,2,7-8,13-16H2,(H2,21,22,24). The summed E-state index contributed by atoms with van der Waals surface area (Å²) in [7, 11) is 0. The number of rotatable bonds is 6. The van der Waals surface area contributed by atoms with E-state index in [0.29, 0.717) is 18.0 Å². The molecule has 5 nitrogen and oxygen atoms in total. The maximum absolute atomic E-state index is 12.2. The summed E-state index contributed by atoms with van der Waals surface area (Å²) in [5, 5.41) is 5.80. The SMILES string of the molecule is O=C(NCCN1CCCCC1)Nc1ccccc1Oc1ccccc1. The van der Waals surface area contributed by atoms with Gasteiger partial charge in [0.1, 0.15) is 5.75 Å². The minimum atomic E-state index is -0.207. The maximum Gasteiger partial charge on any atom is 0.319 e. The number of anilines is 1. The van der Waals surface area contributed by atoms with Crippen molar-refractivity contribution in [3.05, 3.63) is 54.6 Å². The van der Waals surface area contributed by atoms with Crippen LogP contribution in [0.2, 0.25) is 0 Å². The topological polar surface area (TPSA) is 53.6 Å². The summed E-state index contributed by atoms with van der Waals surface area (Å²) >= 11 is 0. The number of hydrogen-bond donors (Lipinski definition) is 2. The van der Waals surface area contributed by atoms with Crippen LogP contribution in [0.4, 0.5) is 10.5 Å². The molecule has 2 N–H and O–H groups in total. The molecule has 0 unspecified atom stereocenters. The summed E-state index contributed by atoms with van der Waals surface area (Å²) < 4.78 is 5.86. The second-order valence-electron chi connectivity index (χ2n) is 6.19. The average Bonchev–Trinajstić information content (AvgIpc) is 2.65. The van der Waals surface area contributed by atoms with Gasteiger partial charge in [0.05, 0.1) is 5.69 Å². The second kappa shape index (κ2) is 9.08. The van der Waals surface area contributed by atoms with Gasteiger partial charge in [0, 0.05) is 13.1 Å². The fourth-order valence-electron chi connectivity index (χ4n) is 2.95. The normalized spacial score (nSPS) is 14.7. The first-order valence-corrected chi connectivity index (χ1v) is 8.90. The molecule has 1 aliphatic rings. The number of amides is 2. The molecule has 0 atom stereocenters. The van der Waals surface area contributed by atoms with Gasteiger partial charge >= 0.3 is 6.03 Å². The summed E-state index contributed by atoms with van der Waals surface area (Å²) in [4.78, 5) is 14.6. The summed E-state index contributed by atoms with van der Waals surface area (Å²) in [5.41, 5.74) is 0.654. The number of ether oxygens (including phenoxy) is 1. The van der Waals surface area contributed by atoms with Crippen LogP contribution in [0.25, 0.3) is 0 Å². The molecule has 5 heteroatoms. The number of para-hydroxylation sites is 3. The molecular weight excluding hydrogens is 314 g/mol. The number of carbonyl (C=O) groups is 1. The van der Waals surface area contributed by atoms with E-state index < -0.39 is 0 Å². The molecule has 2 amide bonds. The summed E-state index contributed by atoms with van der Waals surface area (Å²) in [6.45, 7) is 3.82. The molecule has 0 radical (unpaired) electrons. The lowest BCUT2D eigenvalue weighted by Gasteiger charge is -2.26. The Kier molecular flexibility index (Phi) is 6.29. The summed E-state index contributed by atoms with van der Waals surface area (Å²) in [6, 6.07) is 16.8. The van der Waals surface area contributed by atoms with E-state index in [4.69, 9.17) is 4.74 Å². The van der Waals surface area contributed by atoms with Crippen molar-refractivity contribution in [3.8, 4) is 11.5 Å². The first kappa shape index (κ1) is 17.3. The number of urea groups is 1. The summed E-state index contributed by atoms with van der Waals surface area (Å²) in [6.07, 6.45) is 3.84. The molecule has 1 aliphatic heterocycles. The Morgan fingerprint density at radius 1 is 0.960 bits per heavy atom. The second-order valence-corrected chi connectivity index (χ2v) is 6.19. The molecule has 0 spiro atoms. The van der Waals surface area contributed by atoms with Crippen molar-refractivity contribution in [3.63, 3.8) is 0 Å². The fraction of sp³-hybridized carbons (Fsp3) is 0.350. The molecule has 1 saturated heterocycles. The molecule has 1 heterocycles. The van der Waals surface area contributed by atoms with E-state index >= 15 is 0 Å². The van der Waals surface area contributed by atoms with Crippen molar-refractivity contribution in [1.29, 1.82) is 0 Å². The van der Waals surface area contributed by atoms with Gasteiger partial charge in [0.2, 0.25) is 0 Å². The molecular formula is C20H25N3O2. The third kappa shape index (κ3) is 5.50. The first-order valence-electron chi connectivity index (χ1n) is 8.90. The Morgan fingerprint density at radius 2 is 1.68 bits per heavy atom. The number of likely N-dealkylation sites (tertiary alicyclic amines) is 1. The number of nitrogens with zero attached hydrogens (tertiary/aromatic N) is 1. The molecule has 3 rings (SSSR count). The van der Waals surface area contributed by atoms with Crippen LogP contribution < -0.4 is 15.4 Å². The molecule has 2 aromatic rings. The number of nitrogens with one attached hydrogen (secondary N) is 2. The van der Waals surface area contributed by atoms with Crippen molar-refractivity contribution in [2.24, 2.45) is 0 Å². The Bertz CT molecular complexity index is 670. The van der Waals surface area contributed by atoms with Gasteiger partial charge in [0.15, 0.2) is 5.75 Å². The van der Waals surface area contributed by atoms with Crippen LogP contribution in [-0.2, 0) is 0 Å². The zero-order chi connectivity index (χ0) is 17.3. The summed E-state index contributed by atoms with van der Waals surface area (Å²) in [5.74, 6) is 1.36. The van der Waals surface area contributed by atoms with Crippen molar-refractivity contribution in [2.75, 3.05) is 31.5 Å². The van der Waals surface area contributed by atoms with Crippen LogP contribution in [0.3, 0.4) is 0 Å². The largest absolute Gasteiger partial charge is 0.455 e. The highest BCUT2D eigenvalue weighted by molar-refractivity contribution is 5.90. The van der Waals surface area contributed by atoms with E-state index in [9.17, 15) is 4.79 Å². The van der Waals surface area contributed by atoms with Crippen LogP contribution >= 0.6 is 0 Å². The maximum atomic E-state index is 12.2. The van der Waals surface area contributed by atoms with Gasteiger partial charge in [-0.05, 0) is 50.2 Å². The van der Waals surface area contributed by atoms with Crippen molar-refractivity contribution >= 4 is 11.7 Å². The van der Waals surface area contributed by atoms with Gasteiger partial charge in [-0.3, -0.25) is 0 Å². The third-order valence-corrected chi connectivity index (χ3v) is 4.27. The van der Waals surface area contributed by atoms with Gasteiger partial charge < -0.3 is 20.3 Å². The Morgan fingerprint density at radius 3 is 2.48 bits per heavy atom. The molecule has 2 aromatic carbocycles. The zero-order valence-corrected chi connectivity index (χ0v) is 14.4. The Hall–Kier alpha value is -2.53. The van der Waals surface area contributed by atoms with Gasteiger partial charge in [0.25, 0.3) is 0 Å². The lowest BCUT2D eigenvalue weighted by Crippen LogP contribution is -2.39. The molecule has 132 valence electrons. The zero-order valence-electron chi connectivity index (χ0n) is 14.4. The van der Waals surface area contributed by atoms with Gasteiger partial charge in [-0.2, -0.15) is 0 Å². The van der Waals surface area contributed by atoms with Gasteiger partial charge in [-0.15, -0.1) is 0 Å². The van der Waals surface area contributed by atoms with Crippen molar-refractivity contribution in [1.82, 2.24) is 10.2 Å². The van der Waals surface area contributed by atoms with Crippen LogP contribution in [0.15, 0.2) is 54.6 Å². The molecule has 0 saturated carbocycles. The van der Waals surface area contributed by atoms with Crippen LogP contribution in [-0.4, -0.2) is 37.1 Å². The Labute approximate surface area is 149 Å². The highest BCUT2D eigenvalue weighted by Gasteiger charge is 2.11. The van der Waals surface area contributed by atoms with E-state index in [1.807, 2.05) is 54.6 Å². The fourth-order valence-corrected chi connectivity index (χ4v) is 2.95. The Balaban J connectivity index is 1.50. The minimum absolute atomic E-state index is 0.207. The van der Waals surface area contributed by atoms with E-state index in [1.165, 1.54) is 19.3 Å². The van der Waals surface area contributed by atoms with Crippen LogP contribution in [0, 0.1) is 0 Å². The monoisotopic (exact) mass is 339 g/mol. The van der Waals surface area contributed by atoms with Crippen molar-refractivity contribution < 1.29 is 9.53 Å². The van der Waals surface area contributed by atoms with E-state index in [1.54, 1.807) is 0 Å². The first-order chi connectivity index (χ1) is 12.3. The van der Waals surface area contributed by atoms with Gasteiger partial charge in [-0.25, -0.2) is 4.79 Å². The molecule has 0 aliphatic carbocycles. The highest BCUT2D eigenvalue weighted by atomic mass is 16.5. The third-order valence-electron chi connectivity index (χ3n) is 4.27.